The summed E-state index contributed by atoms with van der Waals surface area (Å²) in [7, 11) is 0. The van der Waals surface area contributed by atoms with Crippen molar-refractivity contribution < 1.29 is 19.1 Å². The Hall–Kier alpha value is -2.70. The molecule has 0 saturated carbocycles. The summed E-state index contributed by atoms with van der Waals surface area (Å²) in [6.07, 6.45) is 3.23. The average molecular weight is 317 g/mol. The predicted octanol–water partition coefficient (Wildman–Crippen LogP) is 1.44. The van der Waals surface area contributed by atoms with Gasteiger partial charge in [-0.15, -0.1) is 0 Å². The van der Waals surface area contributed by atoms with E-state index in [0.29, 0.717) is 5.56 Å². The Morgan fingerprint density at radius 1 is 1.30 bits per heavy atom. The second-order valence-electron chi connectivity index (χ2n) is 5.64. The van der Waals surface area contributed by atoms with Crippen LogP contribution >= 0.6 is 0 Å². The quantitative estimate of drug-likeness (QED) is 0.926. The summed E-state index contributed by atoms with van der Waals surface area (Å²) in [6.45, 7) is -0.275. The lowest BCUT2D eigenvalue weighted by atomic mass is 10.1. The molecule has 2 aromatic rings. The third-order valence-electron chi connectivity index (χ3n) is 3.97. The van der Waals surface area contributed by atoms with E-state index in [9.17, 15) is 14.0 Å². The van der Waals surface area contributed by atoms with Gasteiger partial charge in [-0.2, -0.15) is 5.10 Å². The summed E-state index contributed by atoms with van der Waals surface area (Å²) < 4.78 is 15.7. The number of carboxylic acids is 1. The number of benzene rings is 1. The summed E-state index contributed by atoms with van der Waals surface area (Å²) >= 11 is 0. The van der Waals surface area contributed by atoms with Crippen molar-refractivity contribution in [1.82, 2.24) is 14.7 Å². The molecule has 1 aromatic heterocycles. The van der Waals surface area contributed by atoms with E-state index in [1.165, 1.54) is 4.90 Å². The molecule has 1 aliphatic heterocycles. The van der Waals surface area contributed by atoms with Crippen molar-refractivity contribution >= 4 is 11.9 Å². The third kappa shape index (κ3) is 3.08. The van der Waals surface area contributed by atoms with E-state index in [-0.39, 0.29) is 25.3 Å². The number of aliphatic carboxylic acids is 1. The second-order valence-corrected chi connectivity index (χ2v) is 5.64. The monoisotopic (exact) mass is 317 g/mol. The lowest BCUT2D eigenvalue weighted by molar-refractivity contribution is -0.150. The first-order chi connectivity index (χ1) is 11.0. The molecule has 0 bridgehead atoms. The average Bonchev–Trinajstić information content (AvgIpc) is 3.16. The van der Waals surface area contributed by atoms with Gasteiger partial charge in [0.25, 0.3) is 0 Å². The van der Waals surface area contributed by atoms with Crippen LogP contribution in [0.15, 0.2) is 42.7 Å². The maximum absolute atomic E-state index is 14.0. The number of hydrogen-bond donors (Lipinski definition) is 1. The highest BCUT2D eigenvalue weighted by Crippen LogP contribution is 2.26. The fraction of sp³-hybridized carbons (Fsp3) is 0.312. The van der Waals surface area contributed by atoms with Gasteiger partial charge in [0.1, 0.15) is 0 Å². The molecule has 1 N–H and O–H groups in total. The number of alkyl halides is 1. The zero-order valence-electron chi connectivity index (χ0n) is 12.4. The van der Waals surface area contributed by atoms with Crippen molar-refractivity contribution in [2.75, 3.05) is 13.1 Å². The van der Waals surface area contributed by atoms with Gasteiger partial charge in [-0.05, 0) is 17.7 Å². The van der Waals surface area contributed by atoms with Gasteiger partial charge in [0.05, 0.1) is 24.8 Å². The third-order valence-corrected chi connectivity index (χ3v) is 3.97. The lowest BCUT2D eigenvalue weighted by Gasteiger charge is -2.17. The summed E-state index contributed by atoms with van der Waals surface area (Å²) in [5.41, 5.74) is -0.754. The van der Waals surface area contributed by atoms with Gasteiger partial charge in [0.2, 0.25) is 11.6 Å². The van der Waals surface area contributed by atoms with Gasteiger partial charge in [-0.1, -0.05) is 18.2 Å². The van der Waals surface area contributed by atoms with E-state index >= 15 is 0 Å². The molecule has 1 atom stereocenters. The summed E-state index contributed by atoms with van der Waals surface area (Å²) in [5.74, 6) is -1.80. The highest BCUT2D eigenvalue weighted by atomic mass is 19.1. The first-order valence-electron chi connectivity index (χ1n) is 7.27. The molecule has 6 nitrogen and oxygen atoms in total. The number of aromatic nitrogens is 2. The van der Waals surface area contributed by atoms with E-state index in [4.69, 9.17) is 5.11 Å². The maximum Gasteiger partial charge on any atom is 0.343 e. The number of carbonyl (C=O) groups excluding carboxylic acids is 1. The summed E-state index contributed by atoms with van der Waals surface area (Å²) in [5, 5.41) is 13.1. The zero-order valence-corrected chi connectivity index (χ0v) is 12.4. The lowest BCUT2D eigenvalue weighted by Crippen LogP contribution is -2.39. The number of carbonyl (C=O) groups is 2. The van der Waals surface area contributed by atoms with Gasteiger partial charge in [0, 0.05) is 19.2 Å². The summed E-state index contributed by atoms with van der Waals surface area (Å²) in [4.78, 5) is 24.3. The van der Waals surface area contributed by atoms with Crippen LogP contribution in [0.3, 0.4) is 0 Å². The first-order valence-corrected chi connectivity index (χ1v) is 7.27. The number of likely N-dealkylation sites (tertiary alicyclic amines) is 1. The van der Waals surface area contributed by atoms with Crippen LogP contribution in [0.5, 0.6) is 0 Å². The Labute approximate surface area is 132 Å². The number of nitrogens with zero attached hydrogens (tertiary/aromatic N) is 3. The molecule has 120 valence electrons. The van der Waals surface area contributed by atoms with Crippen LogP contribution in [0.2, 0.25) is 0 Å². The molecule has 23 heavy (non-hydrogen) atoms. The van der Waals surface area contributed by atoms with Crippen molar-refractivity contribution in [2.45, 2.75) is 18.5 Å². The molecule has 1 aromatic carbocycles. The molecular weight excluding hydrogens is 301 g/mol. The molecule has 1 saturated heterocycles. The van der Waals surface area contributed by atoms with Crippen LogP contribution in [0.25, 0.3) is 5.69 Å². The molecule has 0 spiro atoms. The van der Waals surface area contributed by atoms with Crippen molar-refractivity contribution in [1.29, 1.82) is 0 Å². The topological polar surface area (TPSA) is 75.4 Å². The van der Waals surface area contributed by atoms with Crippen LogP contribution in [0, 0.1) is 0 Å². The first kappa shape index (κ1) is 15.2. The van der Waals surface area contributed by atoms with Crippen LogP contribution in [0.4, 0.5) is 4.39 Å². The van der Waals surface area contributed by atoms with Gasteiger partial charge in [0.15, 0.2) is 0 Å². The predicted molar refractivity (Wildman–Crippen MR) is 79.9 cm³/mol. The van der Waals surface area contributed by atoms with Crippen LogP contribution in [-0.2, 0) is 16.0 Å². The second kappa shape index (κ2) is 5.83. The minimum absolute atomic E-state index is 0.0720. The Bertz CT molecular complexity index is 731. The van der Waals surface area contributed by atoms with E-state index in [1.54, 1.807) is 17.1 Å². The molecule has 3 rings (SSSR count). The SMILES string of the molecule is O=C(Cc1cnn(-c2ccccc2)c1)N1CCC(F)(C(=O)O)C1. The number of carboxylic acid groups (broad SMARTS) is 1. The normalized spacial score (nSPS) is 20.7. The standard InChI is InChI=1S/C16H16FN3O3/c17-16(15(22)23)6-7-19(11-16)14(21)8-12-9-18-20(10-12)13-4-2-1-3-5-13/h1-5,9-10H,6-8,11H2,(H,22,23). The van der Waals surface area contributed by atoms with E-state index in [1.807, 2.05) is 30.3 Å². The number of rotatable bonds is 4. The van der Waals surface area contributed by atoms with Gasteiger partial charge in [-0.25, -0.2) is 13.9 Å². The Kier molecular flexibility index (Phi) is 3.85. The van der Waals surface area contributed by atoms with E-state index in [0.717, 1.165) is 5.69 Å². The molecule has 0 radical (unpaired) electrons. The van der Waals surface area contributed by atoms with Crippen molar-refractivity contribution in [3.05, 3.63) is 48.3 Å². The van der Waals surface area contributed by atoms with Crippen LogP contribution < -0.4 is 0 Å². The summed E-state index contributed by atoms with van der Waals surface area (Å²) in [6, 6.07) is 9.46. The van der Waals surface area contributed by atoms with E-state index < -0.39 is 18.2 Å². The largest absolute Gasteiger partial charge is 0.479 e. The highest BCUT2D eigenvalue weighted by molar-refractivity contribution is 5.83. The molecule has 1 amide bonds. The van der Waals surface area contributed by atoms with E-state index in [2.05, 4.69) is 5.10 Å². The highest BCUT2D eigenvalue weighted by Gasteiger charge is 2.46. The van der Waals surface area contributed by atoms with Gasteiger partial charge in [-0.3, -0.25) is 4.79 Å². The van der Waals surface area contributed by atoms with Crippen molar-refractivity contribution in [3.8, 4) is 5.69 Å². The Morgan fingerprint density at radius 2 is 2.04 bits per heavy atom. The minimum Gasteiger partial charge on any atom is -0.479 e. The van der Waals surface area contributed by atoms with Crippen LogP contribution in [0.1, 0.15) is 12.0 Å². The molecule has 2 heterocycles. The molecule has 1 fully saturated rings. The maximum atomic E-state index is 14.0. The Balaban J connectivity index is 1.66. The zero-order chi connectivity index (χ0) is 16.4. The molecule has 0 aliphatic carbocycles. The van der Waals surface area contributed by atoms with Crippen LogP contribution in [-0.4, -0.2) is 50.4 Å². The number of para-hydroxylation sites is 1. The fourth-order valence-electron chi connectivity index (χ4n) is 2.62. The number of hydrogen-bond acceptors (Lipinski definition) is 3. The van der Waals surface area contributed by atoms with Gasteiger partial charge >= 0.3 is 5.97 Å². The van der Waals surface area contributed by atoms with Gasteiger partial charge < -0.3 is 10.0 Å². The fourth-order valence-corrected chi connectivity index (χ4v) is 2.62. The molecule has 7 heteroatoms. The minimum atomic E-state index is -2.33. The Morgan fingerprint density at radius 3 is 2.70 bits per heavy atom. The van der Waals surface area contributed by atoms with Crippen molar-refractivity contribution in [2.24, 2.45) is 0 Å². The smallest absolute Gasteiger partial charge is 0.343 e. The molecule has 1 aliphatic rings. The van der Waals surface area contributed by atoms with Crippen molar-refractivity contribution in [3.63, 3.8) is 0 Å². The molecular formula is C16H16FN3O3. The molecule has 1 unspecified atom stereocenters. The number of amides is 1. The number of halogens is 1.